The molecule has 3 fully saturated rings. The molecular weight excluding hydrogens is 359 g/mol. The molecule has 4 aliphatic rings. The normalized spacial score (nSPS) is 30.3. The van der Waals surface area contributed by atoms with Crippen LogP contribution in [-0.4, -0.2) is 31.9 Å². The lowest BCUT2D eigenvalue weighted by atomic mass is 9.69. The Balaban J connectivity index is 1.30. The predicted octanol–water partition coefficient (Wildman–Crippen LogP) is 2.66. The van der Waals surface area contributed by atoms with Crippen molar-refractivity contribution < 1.29 is 9.18 Å². The van der Waals surface area contributed by atoms with Crippen LogP contribution in [0.25, 0.3) is 0 Å². The summed E-state index contributed by atoms with van der Waals surface area (Å²) in [6.45, 7) is 0.732. The van der Waals surface area contributed by atoms with Crippen LogP contribution in [0.1, 0.15) is 42.9 Å². The van der Waals surface area contributed by atoms with E-state index in [4.69, 9.17) is 5.26 Å². The zero-order valence-electron chi connectivity index (χ0n) is 15.2. The summed E-state index contributed by atoms with van der Waals surface area (Å²) >= 11 is 0. The van der Waals surface area contributed by atoms with Gasteiger partial charge in [0.05, 0.1) is 24.0 Å². The molecule has 0 spiro atoms. The first-order valence-corrected chi connectivity index (χ1v) is 9.45. The van der Waals surface area contributed by atoms with Crippen LogP contribution < -0.4 is 0 Å². The second kappa shape index (κ2) is 6.23. The minimum Gasteiger partial charge on any atom is -0.273 e. The number of pyridine rings is 1. The van der Waals surface area contributed by atoms with Crippen molar-refractivity contribution in [3.05, 3.63) is 47.8 Å². The van der Waals surface area contributed by atoms with Crippen LogP contribution in [0.3, 0.4) is 0 Å². The summed E-state index contributed by atoms with van der Waals surface area (Å²) in [5.74, 6) is -0.0914. The minimum absolute atomic E-state index is 0.0190. The number of rotatable bonds is 4. The number of hydrogen-bond acceptors (Lipinski definition) is 5. The quantitative estimate of drug-likeness (QED) is 0.818. The highest BCUT2D eigenvalue weighted by molar-refractivity contribution is 5.83. The molecule has 6 rings (SSSR count). The van der Waals surface area contributed by atoms with Gasteiger partial charge in [-0.25, -0.2) is 9.40 Å². The standard InChI is InChI=1S/C20H19FN6O/c21-16-3-14(9-23-10-16)18-1-2-24-27(18)19(28)17-6-20(4-15(17)5-20)12-26-11-13(7-22)8-25-26/h2-3,8-11,15,17-18H,1,4-6,12H2/t15?,17-,18?,20?/m0/s1. The highest BCUT2D eigenvalue weighted by atomic mass is 19.1. The summed E-state index contributed by atoms with van der Waals surface area (Å²) < 4.78 is 15.4. The number of halogens is 1. The molecule has 2 atom stereocenters. The van der Waals surface area contributed by atoms with E-state index in [0.29, 0.717) is 23.5 Å². The lowest BCUT2D eigenvalue weighted by Crippen LogP contribution is -2.35. The van der Waals surface area contributed by atoms with Gasteiger partial charge >= 0.3 is 0 Å². The highest BCUT2D eigenvalue weighted by Crippen LogP contribution is 2.63. The second-order valence-electron chi connectivity index (χ2n) is 8.19. The van der Waals surface area contributed by atoms with Gasteiger partial charge in [0.2, 0.25) is 5.91 Å². The molecule has 142 valence electrons. The van der Waals surface area contributed by atoms with Crippen LogP contribution in [0.5, 0.6) is 0 Å². The smallest absolute Gasteiger partial charge is 0.246 e. The Bertz CT molecular complexity index is 1000. The maximum Gasteiger partial charge on any atom is 0.246 e. The minimum atomic E-state index is -0.408. The largest absolute Gasteiger partial charge is 0.273 e. The Morgan fingerprint density at radius 2 is 2.18 bits per heavy atom. The van der Waals surface area contributed by atoms with Crippen molar-refractivity contribution in [2.45, 2.75) is 38.3 Å². The van der Waals surface area contributed by atoms with Crippen molar-refractivity contribution >= 4 is 12.1 Å². The van der Waals surface area contributed by atoms with Gasteiger partial charge in [-0.3, -0.25) is 14.5 Å². The van der Waals surface area contributed by atoms with E-state index in [1.165, 1.54) is 11.1 Å². The highest BCUT2D eigenvalue weighted by Gasteiger charge is 2.59. The summed E-state index contributed by atoms with van der Waals surface area (Å²) in [6, 6.07) is 3.23. The molecule has 2 aromatic heterocycles. The summed E-state index contributed by atoms with van der Waals surface area (Å²) in [5, 5.41) is 19.0. The van der Waals surface area contributed by atoms with Crippen molar-refractivity contribution in [1.82, 2.24) is 19.8 Å². The Hall–Kier alpha value is -3.08. The summed E-state index contributed by atoms with van der Waals surface area (Å²) in [4.78, 5) is 17.1. The van der Waals surface area contributed by atoms with Gasteiger partial charge in [0.1, 0.15) is 11.9 Å². The van der Waals surface area contributed by atoms with Crippen LogP contribution >= 0.6 is 0 Å². The molecule has 1 unspecified atom stereocenters. The third-order valence-corrected chi connectivity index (χ3v) is 6.36. The van der Waals surface area contributed by atoms with Crippen molar-refractivity contribution in [3.63, 3.8) is 0 Å². The van der Waals surface area contributed by atoms with Crippen molar-refractivity contribution in [2.24, 2.45) is 22.4 Å². The lowest BCUT2D eigenvalue weighted by Gasteiger charge is -2.38. The van der Waals surface area contributed by atoms with Crippen LogP contribution in [0.2, 0.25) is 0 Å². The predicted molar refractivity (Wildman–Crippen MR) is 97.1 cm³/mol. The van der Waals surface area contributed by atoms with E-state index >= 15 is 0 Å². The van der Waals surface area contributed by atoms with Gasteiger partial charge in [-0.1, -0.05) is 0 Å². The molecule has 28 heavy (non-hydrogen) atoms. The van der Waals surface area contributed by atoms with E-state index in [2.05, 4.69) is 21.3 Å². The summed E-state index contributed by atoms with van der Waals surface area (Å²) in [6.07, 6.45) is 11.2. The molecule has 3 saturated carbocycles. The molecule has 2 aromatic rings. The molecule has 7 nitrogen and oxygen atoms in total. The zero-order chi connectivity index (χ0) is 19.3. The van der Waals surface area contributed by atoms with Crippen molar-refractivity contribution in [1.29, 1.82) is 5.26 Å². The van der Waals surface area contributed by atoms with Crippen LogP contribution in [-0.2, 0) is 11.3 Å². The summed E-state index contributed by atoms with van der Waals surface area (Å²) in [5.41, 5.74) is 1.30. The fourth-order valence-electron chi connectivity index (χ4n) is 5.15. The van der Waals surface area contributed by atoms with Gasteiger partial charge in [0.25, 0.3) is 0 Å². The average Bonchev–Trinajstić information content (AvgIpc) is 3.43. The van der Waals surface area contributed by atoms with Gasteiger partial charge in [0, 0.05) is 37.5 Å². The molecule has 2 bridgehead atoms. The number of amides is 1. The molecule has 1 aliphatic heterocycles. The SMILES string of the molecule is N#Cc1cnn(CC23CC(C2)[C@@H](C(=O)N2N=CCC2c2cncc(F)c2)C3)c1. The Kier molecular flexibility index (Phi) is 3.79. The molecule has 0 aromatic carbocycles. The van der Waals surface area contributed by atoms with E-state index < -0.39 is 5.82 Å². The molecule has 0 radical (unpaired) electrons. The maximum atomic E-state index is 13.6. The van der Waals surface area contributed by atoms with Gasteiger partial charge in [-0.05, 0) is 42.2 Å². The third kappa shape index (κ3) is 2.70. The monoisotopic (exact) mass is 378 g/mol. The molecule has 0 saturated heterocycles. The number of hydrogen-bond donors (Lipinski definition) is 0. The Labute approximate surface area is 161 Å². The first-order chi connectivity index (χ1) is 13.6. The van der Waals surface area contributed by atoms with E-state index in [0.717, 1.165) is 32.0 Å². The second-order valence-corrected chi connectivity index (χ2v) is 8.19. The zero-order valence-corrected chi connectivity index (χ0v) is 15.2. The topological polar surface area (TPSA) is 87.2 Å². The number of aromatic nitrogens is 3. The Morgan fingerprint density at radius 1 is 1.32 bits per heavy atom. The number of carbonyl (C=O) groups excluding carboxylic acids is 1. The van der Waals surface area contributed by atoms with Crippen molar-refractivity contribution in [3.8, 4) is 6.07 Å². The van der Waals surface area contributed by atoms with Crippen LogP contribution in [0, 0.1) is 34.4 Å². The van der Waals surface area contributed by atoms with Crippen LogP contribution in [0.15, 0.2) is 36.0 Å². The fraction of sp³-hybridized carbons (Fsp3) is 0.450. The van der Waals surface area contributed by atoms with E-state index in [1.807, 2.05) is 4.68 Å². The van der Waals surface area contributed by atoms with Gasteiger partial charge in [0.15, 0.2) is 0 Å². The van der Waals surface area contributed by atoms with Crippen molar-refractivity contribution in [2.75, 3.05) is 0 Å². The van der Waals surface area contributed by atoms with Gasteiger partial charge < -0.3 is 0 Å². The van der Waals surface area contributed by atoms with Gasteiger partial charge in [-0.15, -0.1) is 0 Å². The molecule has 3 aliphatic carbocycles. The first-order valence-electron chi connectivity index (χ1n) is 9.45. The summed E-state index contributed by atoms with van der Waals surface area (Å²) in [7, 11) is 0. The fourth-order valence-corrected chi connectivity index (χ4v) is 5.15. The molecule has 8 heteroatoms. The molecule has 0 N–H and O–H groups in total. The van der Waals surface area contributed by atoms with Crippen LogP contribution in [0.4, 0.5) is 4.39 Å². The molecule has 3 heterocycles. The Morgan fingerprint density at radius 3 is 2.93 bits per heavy atom. The van der Waals surface area contributed by atoms with E-state index in [-0.39, 0.29) is 23.3 Å². The van der Waals surface area contributed by atoms with Gasteiger partial charge in [-0.2, -0.15) is 15.5 Å². The number of carbonyl (C=O) groups is 1. The van der Waals surface area contributed by atoms with E-state index in [9.17, 15) is 9.18 Å². The number of nitrogens with zero attached hydrogens (tertiary/aromatic N) is 6. The lowest BCUT2D eigenvalue weighted by molar-refractivity contribution is -0.138. The first kappa shape index (κ1) is 17.0. The molecule has 1 amide bonds. The molecular formula is C20H19FN6O. The van der Waals surface area contributed by atoms with E-state index in [1.54, 1.807) is 24.8 Å². The number of nitriles is 1. The maximum absolute atomic E-state index is 13.6. The number of hydrazone groups is 1. The average molecular weight is 378 g/mol. The number of fused-ring (bicyclic) bond motifs is 1. The third-order valence-electron chi connectivity index (χ3n) is 6.36.